The van der Waals surface area contributed by atoms with E-state index < -0.39 is 6.43 Å². The van der Waals surface area contributed by atoms with Gasteiger partial charge in [-0.3, -0.25) is 9.69 Å². The van der Waals surface area contributed by atoms with Crippen molar-refractivity contribution in [2.45, 2.75) is 50.6 Å². The molecule has 0 radical (unpaired) electrons. The van der Waals surface area contributed by atoms with E-state index in [1.165, 1.54) is 11.9 Å². The van der Waals surface area contributed by atoms with Gasteiger partial charge in [0.1, 0.15) is 29.9 Å². The Kier molecular flexibility index (Phi) is 8.20. The van der Waals surface area contributed by atoms with Gasteiger partial charge in [0.2, 0.25) is 6.41 Å². The number of fused-ring (bicyclic) bond motifs is 1. The number of hydrogen-bond acceptors (Lipinski definition) is 7. The largest absolute Gasteiger partial charge is 0.489 e. The number of aliphatic imine (C=N–C) groups is 1. The van der Waals surface area contributed by atoms with Crippen LogP contribution >= 0.6 is 0 Å². The number of hydrogen-bond donors (Lipinski definition) is 0. The first kappa shape index (κ1) is 27.9. The maximum atomic E-state index is 12.7. The van der Waals surface area contributed by atoms with Crippen LogP contribution in [0.1, 0.15) is 54.0 Å². The van der Waals surface area contributed by atoms with E-state index in [2.05, 4.69) is 40.3 Å². The van der Waals surface area contributed by atoms with Crippen LogP contribution in [0.25, 0.3) is 11.3 Å². The first-order chi connectivity index (χ1) is 20.5. The third kappa shape index (κ3) is 6.02. The molecule has 3 aliphatic heterocycles. The van der Waals surface area contributed by atoms with Crippen LogP contribution in [0, 0.1) is 11.3 Å². The number of rotatable bonds is 8. The molecule has 0 spiro atoms. The number of aromatic nitrogens is 2. The first-order valence-electron chi connectivity index (χ1n) is 14.4. The molecule has 3 aromatic rings. The Bertz CT molecular complexity index is 1500. The molecule has 2 fully saturated rings. The van der Waals surface area contributed by atoms with Crippen molar-refractivity contribution >= 4 is 17.8 Å². The number of halogens is 2. The lowest BCUT2D eigenvalue weighted by atomic mass is 9.88. The molecular weight excluding hydrogens is 538 g/mol. The van der Waals surface area contributed by atoms with Crippen LogP contribution in [-0.2, 0) is 11.2 Å². The lowest BCUT2D eigenvalue weighted by Crippen LogP contribution is -2.37. The lowest BCUT2D eigenvalue weighted by molar-refractivity contribution is -0.119. The van der Waals surface area contributed by atoms with Crippen LogP contribution in [0.5, 0.6) is 5.75 Å². The molecule has 0 unspecified atom stereocenters. The Morgan fingerprint density at radius 2 is 1.74 bits per heavy atom. The van der Waals surface area contributed by atoms with Crippen molar-refractivity contribution in [3.8, 4) is 23.1 Å². The van der Waals surface area contributed by atoms with E-state index in [0.717, 1.165) is 54.6 Å². The summed E-state index contributed by atoms with van der Waals surface area (Å²) in [7, 11) is 0. The molecule has 1 aromatic heterocycles. The second-order valence-corrected chi connectivity index (χ2v) is 11.1. The minimum atomic E-state index is -2.28. The highest BCUT2D eigenvalue weighted by Crippen LogP contribution is 2.38. The summed E-state index contributed by atoms with van der Waals surface area (Å²) in [4.78, 5) is 28.5. The summed E-state index contributed by atoms with van der Waals surface area (Å²) in [5, 5.41) is 9.87. The van der Waals surface area contributed by atoms with Crippen molar-refractivity contribution in [3.05, 3.63) is 71.2 Å². The number of ether oxygens (including phenoxy) is 1. The number of likely N-dealkylation sites (tertiary alicyclic amines) is 2. The fourth-order valence-electron chi connectivity index (χ4n) is 6.11. The highest BCUT2D eigenvalue weighted by molar-refractivity contribution is 6.07. The summed E-state index contributed by atoms with van der Waals surface area (Å²) in [6.07, 6.45) is 3.87. The van der Waals surface area contributed by atoms with Gasteiger partial charge in [-0.05, 0) is 61.2 Å². The summed E-state index contributed by atoms with van der Waals surface area (Å²) in [5.41, 5.74) is 6.57. The van der Waals surface area contributed by atoms with E-state index in [1.807, 2.05) is 17.0 Å². The zero-order valence-electron chi connectivity index (χ0n) is 23.3. The van der Waals surface area contributed by atoms with Gasteiger partial charge in [-0.2, -0.15) is 5.26 Å². The average Bonchev–Trinajstić information content (AvgIpc) is 3.47. The van der Waals surface area contributed by atoms with Crippen molar-refractivity contribution < 1.29 is 18.3 Å². The molecule has 1 amide bonds. The first-order valence-corrected chi connectivity index (χ1v) is 14.4. The summed E-state index contributed by atoms with van der Waals surface area (Å²) in [6, 6.07) is 16.2. The Morgan fingerprint density at radius 3 is 2.43 bits per heavy atom. The third-order valence-electron chi connectivity index (χ3n) is 8.47. The van der Waals surface area contributed by atoms with Gasteiger partial charge in [0.05, 0.1) is 29.2 Å². The normalized spacial score (nSPS) is 18.0. The van der Waals surface area contributed by atoms with E-state index in [0.29, 0.717) is 61.2 Å². The van der Waals surface area contributed by atoms with Crippen LogP contribution in [0.3, 0.4) is 0 Å². The van der Waals surface area contributed by atoms with Gasteiger partial charge in [-0.15, -0.1) is 0 Å². The van der Waals surface area contributed by atoms with Crippen LogP contribution in [0.15, 0.2) is 53.8 Å². The van der Waals surface area contributed by atoms with Crippen molar-refractivity contribution in [2.24, 2.45) is 4.99 Å². The highest BCUT2D eigenvalue weighted by atomic mass is 19.3. The molecule has 2 saturated heterocycles. The summed E-state index contributed by atoms with van der Waals surface area (Å²) >= 11 is 0. The number of amides is 1. The monoisotopic (exact) mass is 570 g/mol. The second-order valence-electron chi connectivity index (χ2n) is 11.1. The molecule has 8 nitrogen and oxygen atoms in total. The van der Waals surface area contributed by atoms with E-state index in [4.69, 9.17) is 9.73 Å². The Morgan fingerprint density at radius 1 is 1.00 bits per heavy atom. The van der Waals surface area contributed by atoms with Crippen molar-refractivity contribution in [2.75, 3.05) is 32.7 Å². The highest BCUT2D eigenvalue weighted by Gasteiger charge is 2.26. The predicted octanol–water partition coefficient (Wildman–Crippen LogP) is 5.14. The number of alkyl halides is 2. The maximum Gasteiger partial charge on any atom is 0.251 e. The molecule has 216 valence electrons. The molecular formula is C32H32F2N6O2. The molecule has 0 saturated carbocycles. The second kappa shape index (κ2) is 12.3. The number of nitrogens with zero attached hydrogens (tertiary/aromatic N) is 6. The van der Waals surface area contributed by atoms with Crippen LogP contribution in [-0.4, -0.2) is 77.1 Å². The third-order valence-corrected chi connectivity index (χ3v) is 8.47. The Hall–Kier alpha value is -4.23. The van der Waals surface area contributed by atoms with Gasteiger partial charge >= 0.3 is 0 Å². The minimum Gasteiger partial charge on any atom is -0.489 e. The number of piperidine rings is 2. The molecule has 3 aliphatic rings. The van der Waals surface area contributed by atoms with Crippen molar-refractivity contribution in [1.29, 1.82) is 5.26 Å². The molecule has 2 aromatic carbocycles. The molecule has 6 rings (SSSR count). The lowest BCUT2D eigenvalue weighted by Gasteiger charge is -2.31. The number of carbonyl (C=O) groups excluding carboxylic acids is 1. The smallest absolute Gasteiger partial charge is 0.251 e. The van der Waals surface area contributed by atoms with Crippen LogP contribution < -0.4 is 4.74 Å². The molecule has 0 bridgehead atoms. The molecule has 4 heterocycles. The average molecular weight is 571 g/mol. The summed E-state index contributed by atoms with van der Waals surface area (Å²) in [6.45, 7) is 2.54. The van der Waals surface area contributed by atoms with Gasteiger partial charge in [0.25, 0.3) is 6.43 Å². The molecule has 42 heavy (non-hydrogen) atoms. The summed E-state index contributed by atoms with van der Waals surface area (Å²) in [5.74, 6) is 0.902. The van der Waals surface area contributed by atoms with Crippen molar-refractivity contribution in [1.82, 2.24) is 19.8 Å². The fourth-order valence-corrected chi connectivity index (χ4v) is 6.11. The molecule has 10 heteroatoms. The number of nitriles is 1. The fraction of sp³-hybridized carbons (Fsp3) is 0.406. The quantitative estimate of drug-likeness (QED) is 0.348. The number of benzene rings is 2. The van der Waals surface area contributed by atoms with Gasteiger partial charge in [-0.1, -0.05) is 24.3 Å². The molecule has 0 aliphatic carbocycles. The van der Waals surface area contributed by atoms with Gasteiger partial charge in [-0.25, -0.2) is 23.7 Å². The predicted molar refractivity (Wildman–Crippen MR) is 154 cm³/mol. The van der Waals surface area contributed by atoms with E-state index in [9.17, 15) is 18.8 Å². The van der Waals surface area contributed by atoms with Gasteiger partial charge in [0, 0.05) is 37.9 Å². The SMILES string of the molecule is N#Cc1cc(-c2ncnc3c2N=C(c2ccc(C4CCN(CC(F)F)CC4)cc2)C3)ccc1OC1CCN(C=O)CC1. The van der Waals surface area contributed by atoms with E-state index in [-0.39, 0.29) is 12.6 Å². The van der Waals surface area contributed by atoms with Crippen LogP contribution in [0.4, 0.5) is 14.5 Å². The summed E-state index contributed by atoms with van der Waals surface area (Å²) < 4.78 is 31.6. The van der Waals surface area contributed by atoms with E-state index >= 15 is 0 Å². The molecule has 0 N–H and O–H groups in total. The zero-order valence-corrected chi connectivity index (χ0v) is 23.3. The van der Waals surface area contributed by atoms with E-state index in [1.54, 1.807) is 11.0 Å². The van der Waals surface area contributed by atoms with Gasteiger partial charge in [0.15, 0.2) is 0 Å². The van der Waals surface area contributed by atoms with Crippen LogP contribution in [0.2, 0.25) is 0 Å². The van der Waals surface area contributed by atoms with Crippen molar-refractivity contribution in [3.63, 3.8) is 0 Å². The Labute approximate surface area is 243 Å². The molecule has 0 atom stereocenters. The minimum absolute atomic E-state index is 0.0423. The topological polar surface area (TPSA) is 94.7 Å². The standard InChI is InChI=1S/C32H32F2N6O2/c33-30(34)18-39-11-7-22(8-12-39)21-1-3-23(4-2-21)27-16-28-32(38-27)31(37-19-36-28)24-5-6-29(25(15-24)17-35)42-26-9-13-40(20-41)14-10-26/h1-6,15,19-20,22,26,30H,7-14,16,18H2. The number of carbonyl (C=O) groups is 1. The zero-order chi connectivity index (χ0) is 29.1. The van der Waals surface area contributed by atoms with Gasteiger partial charge < -0.3 is 9.64 Å². The maximum absolute atomic E-state index is 12.7. The Balaban J connectivity index is 1.16.